The van der Waals surface area contributed by atoms with Gasteiger partial charge in [0.05, 0.1) is 18.0 Å². The minimum Gasteiger partial charge on any atom is -0.494 e. The first-order valence-corrected chi connectivity index (χ1v) is 8.67. The van der Waals surface area contributed by atoms with E-state index in [0.29, 0.717) is 40.6 Å². The first-order valence-electron chi connectivity index (χ1n) is 7.85. The molecule has 0 radical (unpaired) electrons. The van der Waals surface area contributed by atoms with Crippen molar-refractivity contribution in [2.24, 2.45) is 0 Å². The van der Waals surface area contributed by atoms with Crippen molar-refractivity contribution in [1.82, 2.24) is 9.38 Å². The van der Waals surface area contributed by atoms with Crippen molar-refractivity contribution in [1.29, 1.82) is 0 Å². The lowest BCUT2D eigenvalue weighted by Gasteiger charge is -2.10. The smallest absolute Gasteiger partial charge is 0.433 e. The zero-order valence-electron chi connectivity index (χ0n) is 13.9. The minimum atomic E-state index is -4.80. The molecule has 2 heterocycles. The molecule has 0 aliphatic rings. The minimum absolute atomic E-state index is 0.00968. The summed E-state index contributed by atoms with van der Waals surface area (Å²) in [6.07, 6.45) is -4.53. The summed E-state index contributed by atoms with van der Waals surface area (Å²) in [4.78, 5) is 14.8. The normalized spacial score (nSPS) is 11.9. The van der Waals surface area contributed by atoms with Gasteiger partial charge in [0.2, 0.25) is 0 Å². The van der Waals surface area contributed by atoms with Gasteiger partial charge < -0.3 is 9.84 Å². The molecule has 5 nitrogen and oxygen atoms in total. The molecule has 1 N–H and O–H groups in total. The molecule has 0 aliphatic heterocycles. The summed E-state index contributed by atoms with van der Waals surface area (Å²) in [5.41, 5.74) is 0.183. The maximum atomic E-state index is 13.5. The number of aromatic carboxylic acids is 1. The van der Waals surface area contributed by atoms with Crippen molar-refractivity contribution in [2.45, 2.75) is 26.4 Å². The first kappa shape index (κ1) is 18.2. The van der Waals surface area contributed by atoms with Crippen molar-refractivity contribution in [3.63, 3.8) is 0 Å². The maximum Gasteiger partial charge on any atom is 0.433 e. The van der Waals surface area contributed by atoms with Crippen LogP contribution in [0.4, 0.5) is 13.2 Å². The lowest BCUT2D eigenvalue weighted by atomic mass is 10.1. The lowest BCUT2D eigenvalue weighted by molar-refractivity contribution is -0.142. The van der Waals surface area contributed by atoms with E-state index < -0.39 is 22.7 Å². The van der Waals surface area contributed by atoms with Gasteiger partial charge in [-0.25, -0.2) is 9.78 Å². The number of alkyl halides is 3. The average Bonchev–Trinajstić information content (AvgIpc) is 3.10. The molecule has 138 valence electrons. The molecule has 0 saturated heterocycles. The number of thiazole rings is 1. The van der Waals surface area contributed by atoms with Crippen LogP contribution in [0.5, 0.6) is 5.75 Å². The van der Waals surface area contributed by atoms with E-state index in [-0.39, 0.29) is 11.4 Å². The summed E-state index contributed by atoms with van der Waals surface area (Å²) in [6, 6.07) is 6.89. The molecular weight excluding hydrogens is 369 g/mol. The molecule has 0 fully saturated rings. The Hall–Kier alpha value is -2.55. The number of rotatable bonds is 5. The number of carboxylic acid groups (broad SMARTS) is 1. The second-order valence-corrected chi connectivity index (χ2v) is 6.40. The van der Waals surface area contributed by atoms with E-state index in [1.807, 2.05) is 6.92 Å². The molecule has 3 aromatic rings. The summed E-state index contributed by atoms with van der Waals surface area (Å²) >= 11 is 0.523. The molecule has 0 bridgehead atoms. The van der Waals surface area contributed by atoms with Crippen LogP contribution in [0.15, 0.2) is 24.3 Å². The molecule has 2 aromatic heterocycles. The van der Waals surface area contributed by atoms with Crippen LogP contribution in [0.25, 0.3) is 16.2 Å². The number of nitrogens with zero attached hydrogens (tertiary/aromatic N) is 2. The van der Waals surface area contributed by atoms with Gasteiger partial charge in [-0.3, -0.25) is 4.40 Å². The third-order valence-electron chi connectivity index (χ3n) is 3.81. The van der Waals surface area contributed by atoms with Gasteiger partial charge in [-0.15, -0.1) is 0 Å². The fourth-order valence-electron chi connectivity index (χ4n) is 2.80. The fourth-order valence-corrected chi connectivity index (χ4v) is 3.81. The number of imidazole rings is 1. The zero-order valence-corrected chi connectivity index (χ0v) is 14.7. The van der Waals surface area contributed by atoms with Crippen molar-refractivity contribution in [3.8, 4) is 17.0 Å². The van der Waals surface area contributed by atoms with E-state index in [2.05, 4.69) is 4.98 Å². The Bertz CT molecular complexity index is 958. The van der Waals surface area contributed by atoms with Gasteiger partial charge in [0.15, 0.2) is 10.7 Å². The Labute approximate surface area is 150 Å². The molecule has 1 aromatic carbocycles. The van der Waals surface area contributed by atoms with Crippen LogP contribution < -0.4 is 4.74 Å². The molecule has 0 aliphatic carbocycles. The Morgan fingerprint density at radius 2 is 1.92 bits per heavy atom. The zero-order chi connectivity index (χ0) is 19.1. The topological polar surface area (TPSA) is 63.8 Å². The van der Waals surface area contributed by atoms with Crippen LogP contribution in [-0.4, -0.2) is 27.1 Å². The van der Waals surface area contributed by atoms with E-state index in [9.17, 15) is 18.0 Å². The van der Waals surface area contributed by atoms with Crippen molar-refractivity contribution in [3.05, 3.63) is 40.5 Å². The van der Waals surface area contributed by atoms with Crippen LogP contribution in [0.2, 0.25) is 0 Å². The summed E-state index contributed by atoms with van der Waals surface area (Å²) in [6.45, 7) is 4.07. The van der Waals surface area contributed by atoms with E-state index in [4.69, 9.17) is 9.84 Å². The van der Waals surface area contributed by atoms with Gasteiger partial charge in [0.25, 0.3) is 0 Å². The average molecular weight is 384 g/mol. The second kappa shape index (κ2) is 6.64. The first-order chi connectivity index (χ1) is 12.3. The number of benzene rings is 1. The fraction of sp³-hybridized carbons (Fsp3) is 0.294. The van der Waals surface area contributed by atoms with Gasteiger partial charge >= 0.3 is 12.1 Å². The van der Waals surface area contributed by atoms with Crippen LogP contribution in [0.3, 0.4) is 0 Å². The number of halogens is 3. The highest BCUT2D eigenvalue weighted by molar-refractivity contribution is 7.19. The summed E-state index contributed by atoms with van der Waals surface area (Å²) in [5.74, 6) is -0.961. The van der Waals surface area contributed by atoms with Crippen molar-refractivity contribution >= 4 is 22.3 Å². The SMILES string of the molecule is CCOc1ccc(-c2nc3sc(C(=O)O)c(C(F)(F)F)n3c2CC)cc1. The number of carbonyl (C=O) groups is 1. The standard InChI is InChI=1S/C17H15F3N2O3S/c1-3-11-12(9-5-7-10(8-6-9)25-4-2)21-16-22(11)14(17(18,19)20)13(26-16)15(23)24/h5-8H,3-4H2,1-2H3,(H,23,24). The number of ether oxygens (including phenoxy) is 1. The second-order valence-electron chi connectivity index (χ2n) is 5.42. The van der Waals surface area contributed by atoms with Gasteiger partial charge in [-0.2, -0.15) is 13.2 Å². The number of hydrogen-bond acceptors (Lipinski definition) is 4. The number of aryl methyl sites for hydroxylation is 1. The number of carboxylic acids is 1. The van der Waals surface area contributed by atoms with Crippen molar-refractivity contribution in [2.75, 3.05) is 6.61 Å². The quantitative estimate of drug-likeness (QED) is 0.690. The molecule has 9 heteroatoms. The molecule has 0 saturated carbocycles. The predicted octanol–water partition coefficient (Wildman–Crippen LogP) is 4.74. The molecule has 26 heavy (non-hydrogen) atoms. The highest BCUT2D eigenvalue weighted by Gasteiger charge is 2.41. The largest absolute Gasteiger partial charge is 0.494 e. The summed E-state index contributed by atoms with van der Waals surface area (Å²) in [5, 5.41) is 9.13. The predicted molar refractivity (Wildman–Crippen MR) is 91.0 cm³/mol. The van der Waals surface area contributed by atoms with E-state index in [1.165, 1.54) is 0 Å². The highest BCUT2D eigenvalue weighted by Crippen LogP contribution is 2.40. The molecule has 3 rings (SSSR count). The maximum absolute atomic E-state index is 13.5. The number of fused-ring (bicyclic) bond motifs is 1. The summed E-state index contributed by atoms with van der Waals surface area (Å²) in [7, 11) is 0. The molecular formula is C17H15F3N2O3S. The van der Waals surface area contributed by atoms with Crippen LogP contribution in [-0.2, 0) is 12.6 Å². The van der Waals surface area contributed by atoms with Gasteiger partial charge in [-0.1, -0.05) is 18.3 Å². The third-order valence-corrected chi connectivity index (χ3v) is 4.84. The molecule has 0 atom stereocenters. The van der Waals surface area contributed by atoms with Crippen LogP contribution in [0, 0.1) is 0 Å². The molecule has 0 amide bonds. The van der Waals surface area contributed by atoms with Gasteiger partial charge in [-0.05, 0) is 37.6 Å². The van der Waals surface area contributed by atoms with Crippen LogP contribution >= 0.6 is 11.3 Å². The van der Waals surface area contributed by atoms with E-state index in [1.54, 1.807) is 31.2 Å². The van der Waals surface area contributed by atoms with Gasteiger partial charge in [0.1, 0.15) is 10.6 Å². The van der Waals surface area contributed by atoms with E-state index >= 15 is 0 Å². The van der Waals surface area contributed by atoms with Crippen molar-refractivity contribution < 1.29 is 27.8 Å². The third kappa shape index (κ3) is 3.03. The van der Waals surface area contributed by atoms with Gasteiger partial charge in [0, 0.05) is 5.56 Å². The van der Waals surface area contributed by atoms with Crippen LogP contribution in [0.1, 0.15) is 34.9 Å². The summed E-state index contributed by atoms with van der Waals surface area (Å²) < 4.78 is 46.8. The van der Waals surface area contributed by atoms with E-state index in [0.717, 1.165) is 4.40 Å². The lowest BCUT2D eigenvalue weighted by Crippen LogP contribution is -2.15. The number of aromatic nitrogens is 2. The molecule has 0 unspecified atom stereocenters. The molecule has 0 spiro atoms. The number of hydrogen-bond donors (Lipinski definition) is 1. The highest BCUT2D eigenvalue weighted by atomic mass is 32.1. The Kier molecular flexibility index (Phi) is 4.66. The monoisotopic (exact) mass is 384 g/mol. The Morgan fingerprint density at radius 3 is 2.42 bits per heavy atom. The Balaban J connectivity index is 2.23. The Morgan fingerprint density at radius 1 is 1.27 bits per heavy atom.